The molecule has 0 saturated heterocycles. The third kappa shape index (κ3) is 8.24. The van der Waals surface area contributed by atoms with Crippen molar-refractivity contribution in [3.05, 3.63) is 23.3 Å². The van der Waals surface area contributed by atoms with E-state index >= 15 is 0 Å². The molecule has 0 aromatic heterocycles. The third-order valence-electron chi connectivity index (χ3n) is 2.06. The maximum Gasteiger partial charge on any atom is 0.330 e. The van der Waals surface area contributed by atoms with Crippen molar-refractivity contribution in [2.24, 2.45) is 0 Å². The van der Waals surface area contributed by atoms with Crippen LogP contribution in [0.15, 0.2) is 23.3 Å². The van der Waals surface area contributed by atoms with Gasteiger partial charge in [-0.05, 0) is 40.0 Å². The number of aliphatic hydroxyl groups excluding tert-OH is 1. The molecule has 0 bridgehead atoms. The number of aliphatic hydroxyl groups is 1. The topological polar surface area (TPSA) is 46.5 Å². The summed E-state index contributed by atoms with van der Waals surface area (Å²) >= 11 is 0. The third-order valence-corrected chi connectivity index (χ3v) is 2.06. The number of hydrogen-bond acceptors (Lipinski definition) is 3. The van der Waals surface area contributed by atoms with Gasteiger partial charge in [0.1, 0.15) is 0 Å². The molecule has 0 rings (SSSR count). The largest absolute Gasteiger partial charge is 0.463 e. The van der Waals surface area contributed by atoms with E-state index in [2.05, 4.69) is 6.08 Å². The molecule has 0 fully saturated rings. The summed E-state index contributed by atoms with van der Waals surface area (Å²) in [5, 5.41) is 8.88. The van der Waals surface area contributed by atoms with E-state index in [4.69, 9.17) is 9.84 Å². The van der Waals surface area contributed by atoms with Gasteiger partial charge < -0.3 is 9.84 Å². The molecule has 0 unspecified atom stereocenters. The SMILES string of the molecule is CCOC(=O)/C=C(\CCO)CCC=C(C)C. The van der Waals surface area contributed by atoms with Crippen molar-refractivity contribution in [2.45, 2.75) is 40.0 Å². The molecule has 0 atom stereocenters. The highest BCUT2D eigenvalue weighted by molar-refractivity contribution is 5.82. The van der Waals surface area contributed by atoms with E-state index in [1.54, 1.807) is 6.92 Å². The quantitative estimate of drug-likeness (QED) is 0.412. The average molecular weight is 226 g/mol. The van der Waals surface area contributed by atoms with Gasteiger partial charge in [0, 0.05) is 12.7 Å². The summed E-state index contributed by atoms with van der Waals surface area (Å²) in [5.74, 6) is -0.317. The summed E-state index contributed by atoms with van der Waals surface area (Å²) in [5.41, 5.74) is 2.21. The van der Waals surface area contributed by atoms with Gasteiger partial charge in [0.05, 0.1) is 6.61 Å². The number of carbonyl (C=O) groups excluding carboxylic acids is 1. The Morgan fingerprint density at radius 3 is 2.50 bits per heavy atom. The predicted octanol–water partition coefficient (Wildman–Crippen LogP) is 2.60. The standard InChI is InChI=1S/C13H22O3/c1-4-16-13(15)10-12(8-9-14)7-5-6-11(2)3/h6,10,14H,4-5,7-9H2,1-3H3/b12-10-. The molecule has 3 nitrogen and oxygen atoms in total. The van der Waals surface area contributed by atoms with Crippen molar-refractivity contribution < 1.29 is 14.6 Å². The average Bonchev–Trinajstić information content (AvgIpc) is 2.17. The van der Waals surface area contributed by atoms with Crippen LogP contribution in [0.25, 0.3) is 0 Å². The van der Waals surface area contributed by atoms with Crippen LogP contribution in [0.1, 0.15) is 40.0 Å². The lowest BCUT2D eigenvalue weighted by Gasteiger charge is -2.04. The van der Waals surface area contributed by atoms with E-state index in [0.717, 1.165) is 18.4 Å². The second-order valence-electron chi connectivity index (χ2n) is 3.85. The van der Waals surface area contributed by atoms with Crippen LogP contribution in [0.4, 0.5) is 0 Å². The minimum Gasteiger partial charge on any atom is -0.463 e. The zero-order valence-corrected chi connectivity index (χ0v) is 10.5. The maximum atomic E-state index is 11.2. The molecule has 1 N–H and O–H groups in total. The highest BCUT2D eigenvalue weighted by atomic mass is 16.5. The van der Waals surface area contributed by atoms with Crippen LogP contribution in [-0.2, 0) is 9.53 Å². The molecule has 0 radical (unpaired) electrons. The molecule has 16 heavy (non-hydrogen) atoms. The Labute approximate surface area is 97.8 Å². The Morgan fingerprint density at radius 1 is 1.31 bits per heavy atom. The number of allylic oxidation sites excluding steroid dienone is 2. The normalized spacial score (nSPS) is 11.1. The lowest BCUT2D eigenvalue weighted by Crippen LogP contribution is -2.02. The highest BCUT2D eigenvalue weighted by Crippen LogP contribution is 2.11. The molecule has 0 saturated carbocycles. The van der Waals surface area contributed by atoms with E-state index in [0.29, 0.717) is 13.0 Å². The fraction of sp³-hybridized carbons (Fsp3) is 0.615. The lowest BCUT2D eigenvalue weighted by atomic mass is 10.1. The number of esters is 1. The van der Waals surface area contributed by atoms with Crippen LogP contribution in [0, 0.1) is 0 Å². The summed E-state index contributed by atoms with van der Waals surface area (Å²) in [6.07, 6.45) is 5.85. The van der Waals surface area contributed by atoms with Gasteiger partial charge in [0.25, 0.3) is 0 Å². The molecule has 0 aliphatic carbocycles. The molecule has 0 spiro atoms. The summed E-state index contributed by atoms with van der Waals surface area (Å²) < 4.78 is 4.83. The maximum absolute atomic E-state index is 11.2. The minimum absolute atomic E-state index is 0.0695. The molecule has 92 valence electrons. The van der Waals surface area contributed by atoms with Gasteiger partial charge in [-0.3, -0.25) is 0 Å². The highest BCUT2D eigenvalue weighted by Gasteiger charge is 2.01. The summed E-state index contributed by atoms with van der Waals surface area (Å²) in [6, 6.07) is 0. The Hall–Kier alpha value is -1.09. The Balaban J connectivity index is 4.25. The van der Waals surface area contributed by atoms with Crippen LogP contribution >= 0.6 is 0 Å². The van der Waals surface area contributed by atoms with Crippen LogP contribution in [0.3, 0.4) is 0 Å². The van der Waals surface area contributed by atoms with E-state index in [-0.39, 0.29) is 12.6 Å². The molecular formula is C13H22O3. The smallest absolute Gasteiger partial charge is 0.330 e. The van der Waals surface area contributed by atoms with Gasteiger partial charge in [-0.25, -0.2) is 4.79 Å². The number of hydrogen-bond donors (Lipinski definition) is 1. The molecule has 0 aliphatic rings. The van der Waals surface area contributed by atoms with E-state index in [1.165, 1.54) is 11.6 Å². The van der Waals surface area contributed by atoms with Crippen LogP contribution < -0.4 is 0 Å². The second kappa shape index (κ2) is 9.16. The number of carbonyl (C=O) groups is 1. The van der Waals surface area contributed by atoms with Gasteiger partial charge in [0.2, 0.25) is 0 Å². The van der Waals surface area contributed by atoms with Gasteiger partial charge in [-0.2, -0.15) is 0 Å². The molecule has 0 heterocycles. The number of rotatable bonds is 7. The lowest BCUT2D eigenvalue weighted by molar-refractivity contribution is -0.137. The van der Waals surface area contributed by atoms with Crippen molar-refractivity contribution in [3.63, 3.8) is 0 Å². The fourth-order valence-electron chi connectivity index (χ4n) is 1.31. The monoisotopic (exact) mass is 226 g/mol. The van der Waals surface area contributed by atoms with E-state index < -0.39 is 0 Å². The molecule has 0 aromatic carbocycles. The Morgan fingerprint density at radius 2 is 2.00 bits per heavy atom. The first kappa shape index (κ1) is 14.9. The summed E-state index contributed by atoms with van der Waals surface area (Å²) in [6.45, 7) is 6.32. The van der Waals surface area contributed by atoms with E-state index in [9.17, 15) is 4.79 Å². The molecule has 0 aliphatic heterocycles. The first-order chi connectivity index (χ1) is 7.60. The Kier molecular flexibility index (Phi) is 8.53. The molecular weight excluding hydrogens is 204 g/mol. The molecule has 3 heteroatoms. The van der Waals surface area contributed by atoms with Crippen molar-refractivity contribution in [2.75, 3.05) is 13.2 Å². The zero-order valence-electron chi connectivity index (χ0n) is 10.5. The van der Waals surface area contributed by atoms with E-state index in [1.807, 2.05) is 13.8 Å². The Bertz CT molecular complexity index is 260. The van der Waals surface area contributed by atoms with Gasteiger partial charge in [-0.1, -0.05) is 17.2 Å². The summed E-state index contributed by atoms with van der Waals surface area (Å²) in [7, 11) is 0. The summed E-state index contributed by atoms with van der Waals surface area (Å²) in [4.78, 5) is 11.2. The van der Waals surface area contributed by atoms with Crippen LogP contribution in [0.2, 0.25) is 0 Å². The van der Waals surface area contributed by atoms with Gasteiger partial charge in [-0.15, -0.1) is 0 Å². The zero-order chi connectivity index (χ0) is 12.4. The van der Waals surface area contributed by atoms with Crippen molar-refractivity contribution in [1.29, 1.82) is 0 Å². The van der Waals surface area contributed by atoms with Crippen molar-refractivity contribution in [3.8, 4) is 0 Å². The van der Waals surface area contributed by atoms with Crippen molar-refractivity contribution >= 4 is 5.97 Å². The molecule has 0 amide bonds. The first-order valence-electron chi connectivity index (χ1n) is 5.70. The first-order valence-corrected chi connectivity index (χ1v) is 5.70. The van der Waals surface area contributed by atoms with Crippen LogP contribution in [-0.4, -0.2) is 24.3 Å². The predicted molar refractivity (Wildman–Crippen MR) is 65.1 cm³/mol. The van der Waals surface area contributed by atoms with Gasteiger partial charge >= 0.3 is 5.97 Å². The second-order valence-corrected chi connectivity index (χ2v) is 3.85. The number of ether oxygens (including phenoxy) is 1. The van der Waals surface area contributed by atoms with Gasteiger partial charge in [0.15, 0.2) is 0 Å². The van der Waals surface area contributed by atoms with Crippen LogP contribution in [0.5, 0.6) is 0 Å². The van der Waals surface area contributed by atoms with Crippen molar-refractivity contribution in [1.82, 2.24) is 0 Å². The molecule has 0 aromatic rings. The fourth-order valence-corrected chi connectivity index (χ4v) is 1.31. The minimum atomic E-state index is -0.317.